The maximum Gasteiger partial charge on any atom is 0.254 e. The number of benzene rings is 1. The van der Waals surface area contributed by atoms with Crippen LogP contribution in [-0.2, 0) is 4.79 Å². The van der Waals surface area contributed by atoms with Gasteiger partial charge in [0.05, 0.1) is 6.54 Å². The summed E-state index contributed by atoms with van der Waals surface area (Å²) in [6.07, 6.45) is 0. The van der Waals surface area contributed by atoms with E-state index in [0.717, 1.165) is 22.2 Å². The molecular weight excluding hydrogens is 254 g/mol. The van der Waals surface area contributed by atoms with Gasteiger partial charge in [-0.15, -0.1) is 0 Å². The van der Waals surface area contributed by atoms with Crippen LogP contribution in [0.3, 0.4) is 0 Å². The molecule has 1 aromatic heterocycles. The number of H-pyrrole nitrogens is 1. The highest BCUT2D eigenvalue weighted by Crippen LogP contribution is 2.23. The van der Waals surface area contributed by atoms with Crippen LogP contribution in [0.15, 0.2) is 18.2 Å². The number of aromatic nitrogens is 1. The zero-order valence-electron chi connectivity index (χ0n) is 12.0. The number of hydrogen-bond acceptors (Lipinski definition) is 2. The molecule has 0 bridgehead atoms. The molecule has 20 heavy (non-hydrogen) atoms. The molecule has 3 N–H and O–H groups in total. The quantitative estimate of drug-likeness (QED) is 0.889. The Balaban J connectivity index is 2.39. The predicted molar refractivity (Wildman–Crippen MR) is 78.5 cm³/mol. The van der Waals surface area contributed by atoms with E-state index < -0.39 is 5.91 Å². The van der Waals surface area contributed by atoms with Crippen LogP contribution >= 0.6 is 0 Å². The van der Waals surface area contributed by atoms with Gasteiger partial charge in [-0.3, -0.25) is 9.59 Å². The number of nitrogens with two attached hydrogens (primary N) is 1. The Bertz CT molecular complexity index is 673. The Hall–Kier alpha value is -2.30. The zero-order chi connectivity index (χ0) is 14.9. The van der Waals surface area contributed by atoms with Crippen molar-refractivity contribution < 1.29 is 9.59 Å². The van der Waals surface area contributed by atoms with E-state index in [1.807, 2.05) is 32.9 Å². The van der Waals surface area contributed by atoms with E-state index in [0.29, 0.717) is 12.1 Å². The molecule has 0 atom stereocenters. The molecular formula is C15H19N3O2. The minimum atomic E-state index is -0.505. The second-order valence-corrected chi connectivity index (χ2v) is 4.92. The van der Waals surface area contributed by atoms with Gasteiger partial charge in [0.25, 0.3) is 5.91 Å². The van der Waals surface area contributed by atoms with E-state index in [2.05, 4.69) is 4.98 Å². The molecule has 0 aliphatic carbocycles. The van der Waals surface area contributed by atoms with Crippen molar-refractivity contribution in [1.29, 1.82) is 0 Å². The van der Waals surface area contributed by atoms with Crippen LogP contribution in [0.25, 0.3) is 10.9 Å². The first-order chi connectivity index (χ1) is 9.43. The second kappa shape index (κ2) is 5.36. The molecule has 0 fully saturated rings. The number of aromatic amines is 1. The summed E-state index contributed by atoms with van der Waals surface area (Å²) in [6.45, 7) is 6.24. The minimum absolute atomic E-state index is 0.0570. The van der Waals surface area contributed by atoms with Gasteiger partial charge in [-0.1, -0.05) is 0 Å². The highest BCUT2D eigenvalue weighted by Gasteiger charge is 2.17. The SMILES string of the molecule is CCN(CC(N)=O)C(=O)c1ccc2[nH]c(C)c(C)c2c1. The molecule has 0 radical (unpaired) electrons. The number of likely N-dealkylation sites (N-methyl/N-ethyl adjacent to an activating group) is 1. The molecule has 2 aromatic rings. The Morgan fingerprint density at radius 2 is 2.00 bits per heavy atom. The van der Waals surface area contributed by atoms with Crippen LogP contribution in [-0.4, -0.2) is 34.8 Å². The molecule has 0 spiro atoms. The van der Waals surface area contributed by atoms with Crippen molar-refractivity contribution in [2.75, 3.05) is 13.1 Å². The first-order valence-electron chi connectivity index (χ1n) is 6.60. The van der Waals surface area contributed by atoms with Crippen LogP contribution in [0, 0.1) is 13.8 Å². The molecule has 0 unspecified atom stereocenters. The van der Waals surface area contributed by atoms with Crippen molar-refractivity contribution >= 4 is 22.7 Å². The van der Waals surface area contributed by atoms with Gasteiger partial charge in [0, 0.05) is 28.7 Å². The molecule has 0 aliphatic heterocycles. The van der Waals surface area contributed by atoms with Gasteiger partial charge < -0.3 is 15.6 Å². The third-order valence-corrected chi connectivity index (χ3v) is 3.57. The van der Waals surface area contributed by atoms with Gasteiger partial charge in [-0.2, -0.15) is 0 Å². The topological polar surface area (TPSA) is 79.2 Å². The minimum Gasteiger partial charge on any atom is -0.368 e. The van der Waals surface area contributed by atoms with E-state index in [4.69, 9.17) is 5.73 Å². The molecule has 5 nitrogen and oxygen atoms in total. The average Bonchev–Trinajstić information content (AvgIpc) is 2.70. The van der Waals surface area contributed by atoms with Crippen LogP contribution in [0.1, 0.15) is 28.5 Å². The van der Waals surface area contributed by atoms with Gasteiger partial charge in [-0.25, -0.2) is 0 Å². The van der Waals surface area contributed by atoms with Gasteiger partial charge in [-0.05, 0) is 44.5 Å². The van der Waals surface area contributed by atoms with E-state index in [1.165, 1.54) is 4.90 Å². The number of carbonyl (C=O) groups excluding carboxylic acids is 2. The number of amides is 2. The van der Waals surface area contributed by atoms with Gasteiger partial charge in [0.1, 0.15) is 0 Å². The van der Waals surface area contributed by atoms with E-state index in [-0.39, 0.29) is 12.5 Å². The molecule has 1 heterocycles. The summed E-state index contributed by atoms with van der Waals surface area (Å²) in [6, 6.07) is 5.52. The van der Waals surface area contributed by atoms with E-state index in [1.54, 1.807) is 6.07 Å². The lowest BCUT2D eigenvalue weighted by Gasteiger charge is -2.19. The maximum atomic E-state index is 12.4. The standard InChI is InChI=1S/C15H19N3O2/c1-4-18(8-14(16)19)15(20)11-5-6-13-12(7-11)9(2)10(3)17-13/h5-7,17H,4,8H2,1-3H3,(H2,16,19). The number of aryl methyl sites for hydroxylation is 2. The molecule has 5 heteroatoms. The van der Waals surface area contributed by atoms with Crippen LogP contribution in [0.4, 0.5) is 0 Å². The van der Waals surface area contributed by atoms with E-state index in [9.17, 15) is 9.59 Å². The van der Waals surface area contributed by atoms with Crippen molar-refractivity contribution in [3.8, 4) is 0 Å². The smallest absolute Gasteiger partial charge is 0.254 e. The van der Waals surface area contributed by atoms with Crippen LogP contribution in [0.5, 0.6) is 0 Å². The summed E-state index contributed by atoms with van der Waals surface area (Å²) in [5, 5.41) is 1.03. The molecule has 0 saturated carbocycles. The fourth-order valence-electron chi connectivity index (χ4n) is 2.29. The predicted octanol–water partition coefficient (Wildman–Crippen LogP) is 1.73. The summed E-state index contributed by atoms with van der Waals surface area (Å²) in [4.78, 5) is 28.1. The Labute approximate surface area is 117 Å². The van der Waals surface area contributed by atoms with Crippen molar-refractivity contribution in [2.45, 2.75) is 20.8 Å². The van der Waals surface area contributed by atoms with Crippen molar-refractivity contribution in [1.82, 2.24) is 9.88 Å². The fraction of sp³-hybridized carbons (Fsp3) is 0.333. The zero-order valence-corrected chi connectivity index (χ0v) is 12.0. The van der Waals surface area contributed by atoms with E-state index >= 15 is 0 Å². The first-order valence-corrected chi connectivity index (χ1v) is 6.60. The normalized spacial score (nSPS) is 10.8. The second-order valence-electron chi connectivity index (χ2n) is 4.92. The molecule has 106 valence electrons. The number of fused-ring (bicyclic) bond motifs is 1. The first kappa shape index (κ1) is 14.1. The summed E-state index contributed by atoms with van der Waals surface area (Å²) in [5.41, 5.74) is 8.97. The number of nitrogens with one attached hydrogen (secondary N) is 1. The Morgan fingerprint density at radius 1 is 1.30 bits per heavy atom. The lowest BCUT2D eigenvalue weighted by molar-refractivity contribution is -0.118. The molecule has 0 aliphatic rings. The highest BCUT2D eigenvalue weighted by molar-refractivity contribution is 6.00. The lowest BCUT2D eigenvalue weighted by atomic mass is 10.1. The number of carbonyl (C=O) groups is 2. The number of nitrogens with zero attached hydrogens (tertiary/aromatic N) is 1. The van der Waals surface area contributed by atoms with Crippen LogP contribution in [0.2, 0.25) is 0 Å². The third-order valence-electron chi connectivity index (χ3n) is 3.57. The largest absolute Gasteiger partial charge is 0.368 e. The Kier molecular flexibility index (Phi) is 3.79. The summed E-state index contributed by atoms with van der Waals surface area (Å²) >= 11 is 0. The third kappa shape index (κ3) is 2.52. The summed E-state index contributed by atoms with van der Waals surface area (Å²) in [5.74, 6) is -0.679. The highest BCUT2D eigenvalue weighted by atomic mass is 16.2. The van der Waals surface area contributed by atoms with Crippen molar-refractivity contribution in [3.05, 3.63) is 35.0 Å². The maximum absolute atomic E-state index is 12.4. The molecule has 2 rings (SSSR count). The summed E-state index contributed by atoms with van der Waals surface area (Å²) in [7, 11) is 0. The van der Waals surface area contributed by atoms with Crippen molar-refractivity contribution in [2.24, 2.45) is 5.73 Å². The van der Waals surface area contributed by atoms with Gasteiger partial charge in [0.15, 0.2) is 0 Å². The number of primary amides is 1. The molecule has 0 saturated heterocycles. The van der Waals surface area contributed by atoms with Gasteiger partial charge in [0.2, 0.25) is 5.91 Å². The van der Waals surface area contributed by atoms with Crippen molar-refractivity contribution in [3.63, 3.8) is 0 Å². The average molecular weight is 273 g/mol. The lowest BCUT2D eigenvalue weighted by Crippen LogP contribution is -2.38. The molecule has 1 aromatic carbocycles. The van der Waals surface area contributed by atoms with Gasteiger partial charge >= 0.3 is 0 Å². The molecule has 2 amide bonds. The number of rotatable bonds is 4. The monoisotopic (exact) mass is 273 g/mol. The number of hydrogen-bond donors (Lipinski definition) is 2. The van der Waals surface area contributed by atoms with Crippen LogP contribution < -0.4 is 5.73 Å². The summed E-state index contributed by atoms with van der Waals surface area (Å²) < 4.78 is 0. The fourth-order valence-corrected chi connectivity index (χ4v) is 2.29. The Morgan fingerprint density at radius 3 is 2.60 bits per heavy atom.